The number of aryl methyl sites for hydroxylation is 1. The van der Waals surface area contributed by atoms with Crippen LogP contribution in [0.2, 0.25) is 32.7 Å². The first-order chi connectivity index (χ1) is 13.7. The van der Waals surface area contributed by atoms with Crippen LogP contribution in [0.25, 0.3) is 21.9 Å². The van der Waals surface area contributed by atoms with E-state index < -0.39 is 8.07 Å². The summed E-state index contributed by atoms with van der Waals surface area (Å²) >= 11 is 1.74. The van der Waals surface area contributed by atoms with Gasteiger partial charge in [0.15, 0.2) is 0 Å². The third kappa shape index (κ3) is 7.55. The molecule has 0 nitrogen and oxygen atoms in total. The summed E-state index contributed by atoms with van der Waals surface area (Å²) in [6.45, 7) is 14.0. The average Bonchev–Trinajstić information content (AvgIpc) is 3.35. The van der Waals surface area contributed by atoms with Crippen molar-refractivity contribution in [1.82, 2.24) is 0 Å². The Morgan fingerprint density at radius 2 is 1.69 bits per heavy atom. The molecule has 0 saturated carbocycles. The molecule has 0 atom stereocenters. The van der Waals surface area contributed by atoms with E-state index in [1.165, 1.54) is 32.6 Å². The third-order valence-corrected chi connectivity index (χ3v) is 6.72. The average molecular weight is 492 g/mol. The quantitative estimate of drug-likeness (QED) is 0.263. The maximum absolute atomic E-state index is 2.99. The van der Waals surface area contributed by atoms with Gasteiger partial charge in [0.25, 0.3) is 0 Å². The molecule has 148 valence electrons. The van der Waals surface area contributed by atoms with Crippen molar-refractivity contribution in [2.45, 2.75) is 46.1 Å². The molecule has 0 spiro atoms. The van der Waals surface area contributed by atoms with Gasteiger partial charge >= 0.3 is 41.9 Å². The Morgan fingerprint density at radius 1 is 1.03 bits per heavy atom. The van der Waals surface area contributed by atoms with Crippen LogP contribution in [0.4, 0.5) is 0 Å². The molecule has 0 unspecified atom stereocenters. The van der Waals surface area contributed by atoms with Gasteiger partial charge in [0.2, 0.25) is 0 Å². The van der Waals surface area contributed by atoms with Gasteiger partial charge in [-0.25, -0.2) is 12.2 Å². The fourth-order valence-corrected chi connectivity index (χ4v) is 4.34. The van der Waals surface area contributed by atoms with Gasteiger partial charge in [0.1, 0.15) is 0 Å². The van der Waals surface area contributed by atoms with Crippen molar-refractivity contribution in [3.8, 4) is 11.1 Å². The van der Waals surface area contributed by atoms with E-state index in [9.17, 15) is 0 Å². The van der Waals surface area contributed by atoms with Gasteiger partial charge in [0, 0.05) is 0 Å². The Balaban J connectivity index is 0.000000277. The van der Waals surface area contributed by atoms with Crippen LogP contribution in [0.15, 0.2) is 72.8 Å². The molecule has 3 heteroatoms. The first-order valence-electron chi connectivity index (χ1n) is 10.2. The molecule has 0 aromatic heterocycles. The molecule has 4 rings (SSSR count). The van der Waals surface area contributed by atoms with Crippen LogP contribution >= 0.6 is 0 Å². The van der Waals surface area contributed by atoms with E-state index in [1.54, 1.807) is 23.3 Å². The summed E-state index contributed by atoms with van der Waals surface area (Å²) in [5, 5.41) is 4.26. The van der Waals surface area contributed by atoms with Gasteiger partial charge in [-0.2, -0.15) is 17.7 Å². The molecule has 0 amide bonds. The van der Waals surface area contributed by atoms with Gasteiger partial charge in [-0.15, -0.1) is 35.4 Å². The van der Waals surface area contributed by atoms with E-state index in [-0.39, 0.29) is 5.43 Å². The molecule has 0 N–H and O–H groups in total. The monoisotopic (exact) mass is 490 g/mol. The van der Waals surface area contributed by atoms with Crippen molar-refractivity contribution in [3.63, 3.8) is 0 Å². The van der Waals surface area contributed by atoms with E-state index in [1.807, 2.05) is 12.2 Å². The number of benzene rings is 2. The largest absolute Gasteiger partial charge is 0.273 e. The van der Waals surface area contributed by atoms with Crippen LogP contribution in [0.5, 0.6) is 0 Å². The fraction of sp³-hybridized carbons (Fsp3) is 0.269. The summed E-state index contributed by atoms with van der Waals surface area (Å²) in [6, 6.07) is 20.2. The van der Waals surface area contributed by atoms with Crippen molar-refractivity contribution in [2.24, 2.45) is 0 Å². The number of rotatable bonds is 2. The smallest absolute Gasteiger partial charge is 0.0775 e. The van der Waals surface area contributed by atoms with Crippen molar-refractivity contribution in [1.29, 1.82) is 0 Å². The number of allylic oxidation sites excluding steroid dienone is 4. The van der Waals surface area contributed by atoms with E-state index >= 15 is 0 Å². The number of hydrogen-bond acceptors (Lipinski definition) is 0. The minimum atomic E-state index is -1.21. The molecule has 0 saturated heterocycles. The molecule has 0 bridgehead atoms. The molecule has 0 heterocycles. The van der Waals surface area contributed by atoms with Crippen molar-refractivity contribution < 1.29 is 23.3 Å². The van der Waals surface area contributed by atoms with Gasteiger partial charge in [0.05, 0.1) is 8.07 Å². The Morgan fingerprint density at radius 3 is 2.17 bits per heavy atom. The molecule has 0 fully saturated rings. The Hall–Kier alpha value is -1.15. The van der Waals surface area contributed by atoms with E-state index in [2.05, 4.69) is 106 Å². The van der Waals surface area contributed by atoms with Crippen LogP contribution in [0.3, 0.4) is 0 Å². The van der Waals surface area contributed by atoms with E-state index in [0.717, 1.165) is 6.42 Å². The normalized spacial score (nSPS) is 12.3. The molecule has 3 aromatic rings. The summed E-state index contributed by atoms with van der Waals surface area (Å²) in [5.74, 6) is 0. The molecule has 0 aliphatic heterocycles. The van der Waals surface area contributed by atoms with Crippen LogP contribution in [-0.4, -0.2) is 13.5 Å². The zero-order valence-electron chi connectivity index (χ0n) is 18.6. The molecular formula is C26H32Si2Zr. The fourth-order valence-electron chi connectivity index (χ4n) is 3.18. The maximum Gasteiger partial charge on any atom is 0.0775 e. The minimum absolute atomic E-state index is 0.210. The predicted molar refractivity (Wildman–Crippen MR) is 132 cm³/mol. The zero-order valence-corrected chi connectivity index (χ0v) is 23.1. The van der Waals surface area contributed by atoms with Gasteiger partial charge in [-0.3, -0.25) is 6.08 Å². The molecule has 29 heavy (non-hydrogen) atoms. The van der Waals surface area contributed by atoms with Gasteiger partial charge in [-0.05, 0) is 5.56 Å². The summed E-state index contributed by atoms with van der Waals surface area (Å²) < 4.78 is 0. The van der Waals surface area contributed by atoms with Crippen LogP contribution in [-0.2, 0) is 23.3 Å². The zero-order chi connectivity index (χ0) is 21.4. The molecule has 1 aliphatic carbocycles. The molecule has 0 radical (unpaired) electrons. The predicted octanol–water partition coefficient (Wildman–Crippen LogP) is 7.17. The molecule has 3 aromatic carbocycles. The Bertz CT molecular complexity index is 985. The first-order valence-corrected chi connectivity index (χ1v) is 19.9. The number of fused-ring (bicyclic) bond motifs is 1. The second-order valence-corrected chi connectivity index (χ2v) is 23.1. The Kier molecular flexibility index (Phi) is 9.39. The summed E-state index contributed by atoms with van der Waals surface area (Å²) in [7, 11) is -1.21. The summed E-state index contributed by atoms with van der Waals surface area (Å²) in [4.78, 5) is 0. The standard InChI is InChI=1S/C19H21Si.C5H5.C2H6Si.Zr/c1-14-8-9-16-6-5-7-18(19(14)16)15-10-12-17(13-11-15)20(2,3)4;1-2-4-5-3-1;1-3-2;/h5-13H,1-4H3;1-3H,4H2;1-2H3;/q2*-1;;+2. The van der Waals surface area contributed by atoms with Gasteiger partial charge < -0.3 is 0 Å². The summed E-state index contributed by atoms with van der Waals surface area (Å²) in [5.41, 5.74) is 4.26. The van der Waals surface area contributed by atoms with Crippen molar-refractivity contribution >= 4 is 29.5 Å². The van der Waals surface area contributed by atoms with Crippen LogP contribution < -0.4 is 5.19 Å². The van der Waals surface area contributed by atoms with Crippen molar-refractivity contribution in [3.05, 3.63) is 84.5 Å². The van der Waals surface area contributed by atoms with Crippen molar-refractivity contribution in [2.75, 3.05) is 0 Å². The topological polar surface area (TPSA) is 0 Å². The Labute approximate surface area is 193 Å². The van der Waals surface area contributed by atoms with E-state index in [4.69, 9.17) is 0 Å². The SMILES string of the molecule is C[Si](C)=[Zr+2].Cc1c[cH-]c2cccc(-c3ccc([Si](C)(C)C)cc3)c12.[C-]1=CC=CC1. The van der Waals surface area contributed by atoms with Gasteiger partial charge in [-0.1, -0.05) is 67.6 Å². The molecular weight excluding hydrogens is 460 g/mol. The van der Waals surface area contributed by atoms with E-state index in [0.29, 0.717) is 0 Å². The minimum Gasteiger partial charge on any atom is -0.273 e. The summed E-state index contributed by atoms with van der Waals surface area (Å²) in [6.07, 6.45) is 10.0. The van der Waals surface area contributed by atoms with Crippen LogP contribution in [0, 0.1) is 13.0 Å². The maximum atomic E-state index is 2.99. The second kappa shape index (κ2) is 11.3. The second-order valence-electron chi connectivity index (χ2n) is 8.62. The molecule has 1 aliphatic rings. The first kappa shape index (κ1) is 24.1. The third-order valence-electron chi connectivity index (χ3n) is 4.65. The van der Waals surface area contributed by atoms with Crippen LogP contribution in [0.1, 0.15) is 12.0 Å². The number of hydrogen-bond donors (Lipinski definition) is 0.